The fraction of sp³-hybridized carbons (Fsp3) is 0.375. The molecule has 10 heteroatoms. The maximum atomic E-state index is 14.4. The molecule has 1 saturated carbocycles. The highest BCUT2D eigenvalue weighted by Gasteiger charge is 2.28. The molecule has 0 radical (unpaired) electrons. The molecule has 1 aromatic carbocycles. The summed E-state index contributed by atoms with van der Waals surface area (Å²) in [5.74, 6) is -0.496. The van der Waals surface area contributed by atoms with Gasteiger partial charge in [0, 0.05) is 42.3 Å². The molecule has 1 aliphatic carbocycles. The predicted octanol–water partition coefficient (Wildman–Crippen LogP) is 3.09. The van der Waals surface area contributed by atoms with Gasteiger partial charge in [-0.05, 0) is 50.8 Å². The third kappa shape index (κ3) is 3.94. The Labute approximate surface area is 195 Å². The Morgan fingerprint density at radius 1 is 1.12 bits per heavy atom. The third-order valence-electron chi connectivity index (χ3n) is 6.54. The third-order valence-corrected chi connectivity index (χ3v) is 6.54. The van der Waals surface area contributed by atoms with Crippen LogP contribution < -0.4 is 15.5 Å². The van der Waals surface area contributed by atoms with Crippen molar-refractivity contribution in [1.29, 1.82) is 0 Å². The Morgan fingerprint density at radius 2 is 1.91 bits per heavy atom. The van der Waals surface area contributed by atoms with Crippen LogP contribution >= 0.6 is 0 Å². The van der Waals surface area contributed by atoms with E-state index in [1.165, 1.54) is 23.4 Å². The lowest BCUT2D eigenvalue weighted by atomic mass is 10.0. The standard InChI is InChI=1S/C24H25FN8O/c1-14-27-23-20(25)12-17(13-33(23)31-14)29-24(34)19-4-5-21(18-6-9-26-30-22(18)19)32-10-7-16(8-11-32)28-15-2-3-15/h4-6,9,12-13,15-16,28H,2-3,7-8,10-11H2,1H3,(H,29,34). The number of nitrogens with one attached hydrogen (secondary N) is 2. The summed E-state index contributed by atoms with van der Waals surface area (Å²) in [5, 5.41) is 19.8. The number of anilines is 2. The molecule has 4 aromatic rings. The van der Waals surface area contributed by atoms with E-state index >= 15 is 0 Å². The summed E-state index contributed by atoms with van der Waals surface area (Å²) in [6.07, 6.45) is 7.96. The normalized spacial score (nSPS) is 16.9. The van der Waals surface area contributed by atoms with Crippen molar-refractivity contribution in [1.82, 2.24) is 30.1 Å². The number of rotatable bonds is 5. The van der Waals surface area contributed by atoms with Crippen molar-refractivity contribution in [2.45, 2.75) is 44.7 Å². The number of aryl methyl sites for hydroxylation is 1. The first kappa shape index (κ1) is 20.9. The number of piperidine rings is 1. The molecule has 0 unspecified atom stereocenters. The maximum Gasteiger partial charge on any atom is 0.257 e. The Kier molecular flexibility index (Phi) is 5.09. The molecule has 3 aromatic heterocycles. The van der Waals surface area contributed by atoms with Crippen molar-refractivity contribution < 1.29 is 9.18 Å². The van der Waals surface area contributed by atoms with Gasteiger partial charge < -0.3 is 15.5 Å². The van der Waals surface area contributed by atoms with Gasteiger partial charge in [-0.3, -0.25) is 4.79 Å². The molecule has 0 atom stereocenters. The molecule has 1 amide bonds. The zero-order valence-corrected chi connectivity index (χ0v) is 18.8. The zero-order chi connectivity index (χ0) is 23.2. The molecular formula is C24H25FN8O. The number of pyridine rings is 1. The van der Waals surface area contributed by atoms with Gasteiger partial charge in [-0.15, -0.1) is 5.10 Å². The summed E-state index contributed by atoms with van der Waals surface area (Å²) in [4.78, 5) is 19.6. The van der Waals surface area contributed by atoms with Crippen molar-refractivity contribution in [2.75, 3.05) is 23.3 Å². The lowest BCUT2D eigenvalue weighted by Crippen LogP contribution is -2.43. The van der Waals surface area contributed by atoms with Gasteiger partial charge in [-0.1, -0.05) is 0 Å². The summed E-state index contributed by atoms with van der Waals surface area (Å²) in [7, 11) is 0. The zero-order valence-electron chi connectivity index (χ0n) is 18.8. The van der Waals surface area contributed by atoms with Crippen molar-refractivity contribution in [3.63, 3.8) is 0 Å². The highest BCUT2D eigenvalue weighted by Crippen LogP contribution is 2.31. The van der Waals surface area contributed by atoms with Gasteiger partial charge in [0.1, 0.15) is 11.3 Å². The summed E-state index contributed by atoms with van der Waals surface area (Å²) < 4.78 is 15.7. The van der Waals surface area contributed by atoms with Gasteiger partial charge in [0.15, 0.2) is 11.5 Å². The highest BCUT2D eigenvalue weighted by atomic mass is 19.1. The average Bonchev–Trinajstić information content (AvgIpc) is 3.57. The summed E-state index contributed by atoms with van der Waals surface area (Å²) in [6, 6.07) is 8.17. The highest BCUT2D eigenvalue weighted by molar-refractivity contribution is 6.13. The molecule has 4 heterocycles. The van der Waals surface area contributed by atoms with E-state index in [-0.39, 0.29) is 17.2 Å². The van der Waals surface area contributed by atoms with E-state index in [0.717, 1.165) is 37.0 Å². The number of halogens is 1. The molecule has 1 aliphatic heterocycles. The van der Waals surface area contributed by atoms with Crippen molar-refractivity contribution in [3.05, 3.63) is 53.9 Å². The first-order valence-electron chi connectivity index (χ1n) is 11.6. The lowest BCUT2D eigenvalue weighted by molar-refractivity contribution is 0.102. The summed E-state index contributed by atoms with van der Waals surface area (Å²) in [6.45, 7) is 3.58. The molecule has 2 N–H and O–H groups in total. The fourth-order valence-corrected chi connectivity index (χ4v) is 4.72. The number of nitrogens with zero attached hydrogens (tertiary/aromatic N) is 6. The molecule has 9 nitrogen and oxygen atoms in total. The van der Waals surface area contributed by atoms with Crippen LogP contribution in [0.2, 0.25) is 0 Å². The minimum atomic E-state index is -0.557. The van der Waals surface area contributed by atoms with Crippen LogP contribution in [0.3, 0.4) is 0 Å². The van der Waals surface area contributed by atoms with E-state index in [1.807, 2.05) is 12.1 Å². The van der Waals surface area contributed by atoms with Gasteiger partial charge in [-0.2, -0.15) is 10.2 Å². The number of carbonyl (C=O) groups is 1. The van der Waals surface area contributed by atoms with Crippen LogP contribution in [0.25, 0.3) is 16.6 Å². The number of amides is 1. The van der Waals surface area contributed by atoms with E-state index in [1.54, 1.807) is 25.4 Å². The maximum absolute atomic E-state index is 14.4. The quantitative estimate of drug-likeness (QED) is 0.472. The van der Waals surface area contributed by atoms with Crippen molar-refractivity contribution in [2.24, 2.45) is 0 Å². The van der Waals surface area contributed by atoms with Crippen molar-refractivity contribution >= 4 is 33.8 Å². The molecular weight excluding hydrogens is 435 g/mol. The molecule has 2 fully saturated rings. The van der Waals surface area contributed by atoms with E-state index in [2.05, 4.69) is 35.8 Å². The van der Waals surface area contributed by atoms with E-state index in [4.69, 9.17) is 0 Å². The van der Waals surface area contributed by atoms with Crippen molar-refractivity contribution in [3.8, 4) is 0 Å². The predicted molar refractivity (Wildman–Crippen MR) is 127 cm³/mol. The minimum absolute atomic E-state index is 0.118. The molecule has 0 spiro atoms. The summed E-state index contributed by atoms with van der Waals surface area (Å²) >= 11 is 0. The van der Waals surface area contributed by atoms with E-state index < -0.39 is 5.82 Å². The Balaban J connectivity index is 1.26. The van der Waals surface area contributed by atoms with Crippen LogP contribution in [0.1, 0.15) is 41.9 Å². The van der Waals surface area contributed by atoms with Gasteiger partial charge >= 0.3 is 0 Å². The molecule has 2 aliphatic rings. The molecule has 6 rings (SSSR count). The number of carbonyl (C=O) groups excluding carboxylic acids is 1. The van der Waals surface area contributed by atoms with E-state index in [9.17, 15) is 9.18 Å². The topological polar surface area (TPSA) is 100 Å². The number of hydrogen-bond donors (Lipinski definition) is 2. The largest absolute Gasteiger partial charge is 0.371 e. The Bertz CT molecular complexity index is 1390. The molecule has 0 bridgehead atoms. The molecule has 34 heavy (non-hydrogen) atoms. The van der Waals surface area contributed by atoms with Crippen LogP contribution in [0.4, 0.5) is 15.8 Å². The second-order valence-electron chi connectivity index (χ2n) is 9.09. The minimum Gasteiger partial charge on any atom is -0.371 e. The van der Waals surface area contributed by atoms with Crippen LogP contribution in [0.15, 0.2) is 36.7 Å². The number of fused-ring (bicyclic) bond motifs is 2. The van der Waals surface area contributed by atoms with E-state index in [0.29, 0.717) is 29.0 Å². The van der Waals surface area contributed by atoms with Crippen LogP contribution in [-0.4, -0.2) is 55.9 Å². The lowest BCUT2D eigenvalue weighted by Gasteiger charge is -2.34. The summed E-state index contributed by atoms with van der Waals surface area (Å²) in [5.41, 5.74) is 2.36. The van der Waals surface area contributed by atoms with Gasteiger partial charge in [0.2, 0.25) is 0 Å². The van der Waals surface area contributed by atoms with Gasteiger partial charge in [0.25, 0.3) is 5.91 Å². The first-order valence-corrected chi connectivity index (χ1v) is 11.6. The number of aromatic nitrogens is 5. The first-order chi connectivity index (χ1) is 16.5. The second-order valence-corrected chi connectivity index (χ2v) is 9.09. The van der Waals surface area contributed by atoms with Crippen LogP contribution in [0, 0.1) is 12.7 Å². The smallest absolute Gasteiger partial charge is 0.257 e. The molecule has 1 saturated heterocycles. The number of hydrogen-bond acceptors (Lipinski definition) is 7. The van der Waals surface area contributed by atoms with Gasteiger partial charge in [-0.25, -0.2) is 13.9 Å². The monoisotopic (exact) mass is 460 g/mol. The van der Waals surface area contributed by atoms with Gasteiger partial charge in [0.05, 0.1) is 23.6 Å². The van der Waals surface area contributed by atoms with Crippen LogP contribution in [0.5, 0.6) is 0 Å². The van der Waals surface area contributed by atoms with Crippen LogP contribution in [-0.2, 0) is 0 Å². The Morgan fingerprint density at radius 3 is 2.71 bits per heavy atom. The SMILES string of the molecule is Cc1nc2c(F)cc(NC(=O)c3ccc(N4CCC(NC5CC5)CC4)c4ccnnc34)cn2n1. The number of benzene rings is 1. The Hall–Kier alpha value is -3.66. The molecule has 174 valence electrons. The second kappa shape index (κ2) is 8.28. The average molecular weight is 461 g/mol. The fourth-order valence-electron chi connectivity index (χ4n) is 4.72.